The van der Waals surface area contributed by atoms with Gasteiger partial charge in [0.1, 0.15) is 18.1 Å². The Hall–Kier alpha value is -7.92. The molecule has 0 radical (unpaired) electrons. The second-order valence-electron chi connectivity index (χ2n) is 35.6. The lowest BCUT2D eigenvalue weighted by Crippen LogP contribution is -2.65. The van der Waals surface area contributed by atoms with Crippen LogP contribution in [0.15, 0.2) is 97.1 Å². The van der Waals surface area contributed by atoms with Gasteiger partial charge in [0.05, 0.1) is 35.6 Å². The number of aliphatic hydroxyl groups is 1. The lowest BCUT2D eigenvalue weighted by Gasteiger charge is -2.64. The first-order valence-electron chi connectivity index (χ1n) is 43.3. The number of aliphatic hydroxyl groups excluding tert-OH is 1. The van der Waals surface area contributed by atoms with E-state index in [1.807, 2.05) is 83.1 Å². The van der Waals surface area contributed by atoms with Gasteiger partial charge in [-0.15, -0.1) is 0 Å². The van der Waals surface area contributed by atoms with Crippen LogP contribution in [0.1, 0.15) is 271 Å². The van der Waals surface area contributed by atoms with Gasteiger partial charge in [0.25, 0.3) is 11.8 Å². The number of ketones is 3. The van der Waals surface area contributed by atoms with Crippen LogP contribution in [-0.4, -0.2) is 166 Å². The smallest absolute Gasteiger partial charge is 0.461 e. The topological polar surface area (TPSA) is 293 Å². The molecule has 3 saturated heterocycles. The molecule has 2 bridgehead atoms. The number of Topliss-reactive ketones (excluding diaryl/α,β-unsaturated/α-hetero) is 3. The average molecular weight is 1590 g/mol. The van der Waals surface area contributed by atoms with Crippen LogP contribution in [0.2, 0.25) is 5.82 Å². The third kappa shape index (κ3) is 25.6. The molecule has 21 nitrogen and oxygen atoms in total. The first kappa shape index (κ1) is 92.6. The standard InChI is InChI=1S/C51H74BN3O8.C42H61N3O7/c1-9-11-13-15-41(42(57)29-33(4)52-62-45-31-40-30-44(50(40,6)7)51(45,8)63-52)53-47(59)32(3)28-43(58)46(34(5)56)54-48(60)38-24-26-55(27-25-38)49(61)39-22-20-37(21-23-39)36-18-16-35(17-19-36)14-12-10-2;1-8-10-12-14-35(41(50)51)43-38(47)28(3)27-36(46)37(29(4)52-42(5,6)7)44-39(48)33-23-25-45(26-24-33)40(49)34-21-19-32(20-22-34)31-17-15-30(16-18-31)13-11-9-2/h16-23,32-34,38,40-41,44-46,56H,9-15,24-31H2,1-8H3,(H,53,59)(H,54,60);15-22,28-29,33,35,37H,8-14,23-27H2,1-7H3,(H,43,47)(H,44,48)(H,50,51)/t32-,33-,34-,40+,41+,44+,45?,46+,51+;28-,29-,35+,37+/m11/s1. The van der Waals surface area contributed by atoms with Gasteiger partial charge in [-0.25, -0.2) is 4.79 Å². The van der Waals surface area contributed by atoms with Crippen molar-refractivity contribution < 1.29 is 72.2 Å². The van der Waals surface area contributed by atoms with E-state index in [2.05, 4.69) is 111 Å². The van der Waals surface area contributed by atoms with Gasteiger partial charge in [0, 0.05) is 80.2 Å². The van der Waals surface area contributed by atoms with E-state index >= 15 is 0 Å². The maximum Gasteiger partial charge on any atom is 0.461 e. The largest absolute Gasteiger partial charge is 0.480 e. The fraction of sp³-hybridized carbons (Fsp3) is 0.634. The number of hydrogen-bond donors (Lipinski definition) is 6. The fourth-order valence-electron chi connectivity index (χ4n) is 17.4. The molecule has 1 unspecified atom stereocenters. The predicted molar refractivity (Wildman–Crippen MR) is 451 cm³/mol. The van der Waals surface area contributed by atoms with Gasteiger partial charge in [-0.2, -0.15) is 0 Å². The van der Waals surface area contributed by atoms with Crippen molar-refractivity contribution >= 4 is 65.9 Å². The van der Waals surface area contributed by atoms with Gasteiger partial charge < -0.3 is 55.3 Å². The number of hydrogen-bond acceptors (Lipinski definition) is 14. The highest BCUT2D eigenvalue weighted by Crippen LogP contribution is 2.66. The van der Waals surface area contributed by atoms with Crippen LogP contribution in [0, 0.1) is 40.9 Å². The van der Waals surface area contributed by atoms with E-state index in [0.29, 0.717) is 94.1 Å². The minimum Gasteiger partial charge on any atom is -0.480 e. The highest BCUT2D eigenvalue weighted by atomic mass is 16.7. The minimum atomic E-state index is -1.20. The predicted octanol–water partition coefficient (Wildman–Crippen LogP) is 15.1. The number of nitrogens with one attached hydrogen (secondary N) is 4. The molecule has 6 N–H and O–H groups in total. The minimum absolute atomic E-state index is 0.0216. The monoisotopic (exact) mass is 1590 g/mol. The van der Waals surface area contributed by atoms with E-state index in [-0.39, 0.29) is 77.4 Å². The summed E-state index contributed by atoms with van der Waals surface area (Å²) >= 11 is 0. The van der Waals surface area contributed by atoms with Crippen molar-refractivity contribution in [3.8, 4) is 22.3 Å². The zero-order valence-electron chi connectivity index (χ0n) is 71.6. The van der Waals surface area contributed by atoms with Crippen molar-refractivity contribution in [2.45, 2.75) is 311 Å². The van der Waals surface area contributed by atoms with Crippen LogP contribution in [0.4, 0.5) is 0 Å². The summed E-state index contributed by atoms with van der Waals surface area (Å²) in [6, 6.07) is 28.5. The van der Waals surface area contributed by atoms with E-state index < -0.39 is 96.3 Å². The third-order valence-electron chi connectivity index (χ3n) is 24.9. The lowest BCUT2D eigenvalue weighted by molar-refractivity contribution is -0.199. The second kappa shape index (κ2) is 43.0. The summed E-state index contributed by atoms with van der Waals surface area (Å²) in [6.07, 6.45) is 14.5. The van der Waals surface area contributed by atoms with Crippen molar-refractivity contribution in [1.82, 2.24) is 31.1 Å². The van der Waals surface area contributed by atoms with E-state index in [4.69, 9.17) is 14.0 Å². The molecule has 115 heavy (non-hydrogen) atoms. The number of carboxylic acid groups (broad SMARTS) is 1. The molecule has 0 spiro atoms. The van der Waals surface area contributed by atoms with Gasteiger partial charge in [-0.05, 0) is 199 Å². The van der Waals surface area contributed by atoms with Gasteiger partial charge >= 0.3 is 13.1 Å². The molecule has 6 amide bonds. The van der Waals surface area contributed by atoms with E-state index in [1.165, 1.54) is 30.9 Å². The molecule has 3 aliphatic carbocycles. The van der Waals surface area contributed by atoms with Crippen LogP contribution in [-0.2, 0) is 65.2 Å². The number of carboxylic acids is 1. The normalized spacial score (nSPS) is 21.0. The molecule has 0 aromatic heterocycles. The number of piperidine rings is 2. The van der Waals surface area contributed by atoms with Crippen LogP contribution in [0.25, 0.3) is 22.3 Å². The molecule has 13 atom stereocenters. The molecule has 3 saturated carbocycles. The Morgan fingerprint density at radius 1 is 0.522 bits per heavy atom. The van der Waals surface area contributed by atoms with E-state index in [9.17, 15) is 58.2 Å². The van der Waals surface area contributed by atoms with Crippen LogP contribution >= 0.6 is 0 Å². The average Bonchev–Trinajstić information content (AvgIpc) is 1.62. The van der Waals surface area contributed by atoms with Crippen LogP contribution in [0.3, 0.4) is 0 Å². The number of carbonyl (C=O) groups is 10. The summed E-state index contributed by atoms with van der Waals surface area (Å²) in [4.78, 5) is 137. The van der Waals surface area contributed by atoms with Gasteiger partial charge in [0.2, 0.25) is 23.6 Å². The van der Waals surface area contributed by atoms with Crippen molar-refractivity contribution in [3.63, 3.8) is 0 Å². The molecule has 6 fully saturated rings. The molecule has 630 valence electrons. The molecule has 10 rings (SSSR count). The van der Waals surface area contributed by atoms with E-state index in [1.54, 1.807) is 30.6 Å². The number of rotatable bonds is 40. The Morgan fingerprint density at radius 2 is 0.922 bits per heavy atom. The maximum atomic E-state index is 13.9. The number of aliphatic carboxylic acids is 1. The number of nitrogens with zero attached hydrogens (tertiary/aromatic N) is 2. The molecule has 3 heterocycles. The highest BCUT2D eigenvalue weighted by Gasteiger charge is 2.68. The number of unbranched alkanes of at least 4 members (excludes halogenated alkanes) is 6. The molecule has 22 heteroatoms. The van der Waals surface area contributed by atoms with Crippen molar-refractivity contribution in [1.29, 1.82) is 0 Å². The summed E-state index contributed by atoms with van der Waals surface area (Å²) in [5.74, 6) is -5.36. The Morgan fingerprint density at radius 3 is 1.32 bits per heavy atom. The first-order chi connectivity index (χ1) is 54.6. The zero-order valence-corrected chi connectivity index (χ0v) is 71.6. The fourth-order valence-corrected chi connectivity index (χ4v) is 17.4. The Balaban J connectivity index is 0.000000293. The summed E-state index contributed by atoms with van der Waals surface area (Å²) < 4.78 is 19.2. The zero-order chi connectivity index (χ0) is 84.1. The second-order valence-corrected chi connectivity index (χ2v) is 35.6. The Bertz CT molecular complexity index is 3880. The van der Waals surface area contributed by atoms with Gasteiger partial charge in [0.15, 0.2) is 17.3 Å². The number of benzene rings is 4. The number of aryl methyl sites for hydroxylation is 2. The van der Waals surface area contributed by atoms with E-state index in [0.717, 1.165) is 92.9 Å². The quantitative estimate of drug-likeness (QED) is 0.0178. The van der Waals surface area contributed by atoms with Gasteiger partial charge in [-0.3, -0.25) is 43.2 Å². The molecule has 4 aromatic rings. The number of amides is 6. The SMILES string of the molecule is CCCCC[C@H](NC(=O)[C@H](C)CC(=O)[C@@H](NC(=O)C1CCN(C(=O)c2ccc(-c3ccc(CCCC)cc3)cc2)CC1)[C@@H](C)O)C(=O)C[C@@H](C)B1OC2C[C@@H]3C[C@@H](C3(C)C)[C@]2(C)O1.CCCCC[C@H](NC(=O)[C@H](C)CC(=O)[C@@H](NC(=O)C1CCN(C(=O)c2ccc(-c3ccc(CCCC)cc3)cc2)CC1)[C@@H](C)OC(C)(C)C)C(=O)O. The summed E-state index contributed by atoms with van der Waals surface area (Å²) in [7, 11) is -0.488. The highest BCUT2D eigenvalue weighted by molar-refractivity contribution is 6.47. The first-order valence-corrected chi connectivity index (χ1v) is 43.3. The van der Waals surface area contributed by atoms with Crippen molar-refractivity contribution in [3.05, 3.63) is 119 Å². The summed E-state index contributed by atoms with van der Waals surface area (Å²) in [6.45, 7) is 30.8. The van der Waals surface area contributed by atoms with Crippen LogP contribution in [0.5, 0.6) is 0 Å². The van der Waals surface area contributed by atoms with Crippen molar-refractivity contribution in [2.24, 2.45) is 40.9 Å². The molecule has 4 aromatic carbocycles. The number of likely N-dealkylation sites (tertiary alicyclic amines) is 2. The third-order valence-corrected chi connectivity index (χ3v) is 24.9. The molecular formula is C93H135BN6O15. The van der Waals surface area contributed by atoms with Crippen molar-refractivity contribution in [2.75, 3.05) is 26.2 Å². The maximum absolute atomic E-state index is 13.9. The lowest BCUT2D eigenvalue weighted by atomic mass is 9.43. The Kier molecular flexibility index (Phi) is 34.6. The Labute approximate surface area is 685 Å². The number of ether oxygens (including phenoxy) is 1. The molecular weight excluding hydrogens is 1450 g/mol. The summed E-state index contributed by atoms with van der Waals surface area (Å²) in [5.41, 5.74) is 7.38. The van der Waals surface area contributed by atoms with Crippen LogP contribution < -0.4 is 21.3 Å². The number of carbonyl (C=O) groups excluding carboxylic acids is 9. The molecule has 3 aliphatic heterocycles. The summed E-state index contributed by atoms with van der Waals surface area (Å²) in [5, 5.41) is 31.4. The molecule has 6 aliphatic rings. The van der Waals surface area contributed by atoms with Gasteiger partial charge in [-0.1, -0.05) is 186 Å².